The van der Waals surface area contributed by atoms with E-state index in [9.17, 15) is 0 Å². The molecule has 5 aromatic rings. The smallest absolute Gasteiger partial charge is 0.151 e. The molecule has 0 aliphatic carbocycles. The Morgan fingerprint density at radius 1 is 0.886 bits per heavy atom. The van der Waals surface area contributed by atoms with Crippen molar-refractivity contribution < 1.29 is 4.74 Å². The second-order valence-corrected chi connectivity index (χ2v) is 9.11. The Hall–Kier alpha value is -4.32. The third-order valence-electron chi connectivity index (χ3n) is 6.56. The first-order valence-electron chi connectivity index (χ1n) is 11.8. The average molecular weight is 462 g/mol. The van der Waals surface area contributed by atoms with Crippen LogP contribution in [-0.2, 0) is 0 Å². The number of aryl methyl sites for hydroxylation is 3. The topological polar surface area (TPSA) is 56.9 Å². The number of benzene rings is 3. The second kappa shape index (κ2) is 8.17. The molecule has 2 aromatic heterocycles. The van der Waals surface area contributed by atoms with Gasteiger partial charge in [-0.1, -0.05) is 29.8 Å². The average Bonchev–Trinajstić information content (AvgIpc) is 3.48. The standard InChI is InChI=1S/C29H27N5O/c1-18-14-19(2)27-24(15-18)26-16-20(3)31-34(26)29(30-27)25-17-33(22-8-6-5-7-9-22)32-28(25)21-10-12-23(35-4)13-11-21/h5-17,29-30H,1-4H3/t29-/m0/s1. The molecule has 0 unspecified atom stereocenters. The number of rotatable bonds is 4. The van der Waals surface area contributed by atoms with E-state index in [1.165, 1.54) is 16.7 Å². The highest BCUT2D eigenvalue weighted by Gasteiger charge is 2.31. The van der Waals surface area contributed by atoms with Crippen LogP contribution in [0.4, 0.5) is 5.69 Å². The van der Waals surface area contributed by atoms with Crippen LogP contribution < -0.4 is 10.1 Å². The van der Waals surface area contributed by atoms with Crippen molar-refractivity contribution in [3.8, 4) is 34.0 Å². The van der Waals surface area contributed by atoms with Gasteiger partial charge >= 0.3 is 0 Å². The summed E-state index contributed by atoms with van der Waals surface area (Å²) in [4.78, 5) is 0. The van der Waals surface area contributed by atoms with Gasteiger partial charge in [0.15, 0.2) is 6.17 Å². The predicted octanol–water partition coefficient (Wildman–Crippen LogP) is 6.31. The minimum absolute atomic E-state index is 0.206. The second-order valence-electron chi connectivity index (χ2n) is 9.11. The molecule has 6 rings (SSSR count). The fourth-order valence-corrected chi connectivity index (χ4v) is 4.96. The van der Waals surface area contributed by atoms with Gasteiger partial charge in [-0.3, -0.25) is 0 Å². The van der Waals surface area contributed by atoms with Crippen LogP contribution in [0.5, 0.6) is 5.75 Å². The van der Waals surface area contributed by atoms with Crippen molar-refractivity contribution in [3.05, 3.63) is 101 Å². The van der Waals surface area contributed by atoms with Gasteiger partial charge in [-0.25, -0.2) is 9.36 Å². The van der Waals surface area contributed by atoms with Crippen LogP contribution in [0.1, 0.15) is 28.6 Å². The van der Waals surface area contributed by atoms with Gasteiger partial charge in [0.25, 0.3) is 0 Å². The summed E-state index contributed by atoms with van der Waals surface area (Å²) in [7, 11) is 1.68. The summed E-state index contributed by atoms with van der Waals surface area (Å²) < 4.78 is 9.43. The summed E-state index contributed by atoms with van der Waals surface area (Å²) in [5, 5.41) is 13.8. The van der Waals surface area contributed by atoms with E-state index in [1.54, 1.807) is 7.11 Å². The first-order chi connectivity index (χ1) is 17.0. The lowest BCUT2D eigenvalue weighted by Crippen LogP contribution is -2.26. The van der Waals surface area contributed by atoms with E-state index in [-0.39, 0.29) is 6.17 Å². The Morgan fingerprint density at radius 2 is 1.66 bits per heavy atom. The van der Waals surface area contributed by atoms with E-state index in [2.05, 4.69) is 72.5 Å². The molecule has 0 saturated heterocycles. The number of methoxy groups -OCH3 is 1. The Bertz CT molecular complexity index is 1530. The molecule has 1 N–H and O–H groups in total. The number of aromatic nitrogens is 4. The van der Waals surface area contributed by atoms with E-state index in [0.29, 0.717) is 0 Å². The number of hydrogen-bond donors (Lipinski definition) is 1. The summed E-state index contributed by atoms with van der Waals surface area (Å²) in [6.07, 6.45) is 1.91. The summed E-state index contributed by atoms with van der Waals surface area (Å²) in [5.41, 5.74) is 10.9. The maximum Gasteiger partial charge on any atom is 0.151 e. The van der Waals surface area contributed by atoms with Gasteiger partial charge in [-0.2, -0.15) is 10.2 Å². The lowest BCUT2D eigenvalue weighted by molar-refractivity contribution is 0.415. The largest absolute Gasteiger partial charge is 0.497 e. The zero-order chi connectivity index (χ0) is 24.1. The highest BCUT2D eigenvalue weighted by Crippen LogP contribution is 2.43. The lowest BCUT2D eigenvalue weighted by atomic mass is 9.97. The van der Waals surface area contributed by atoms with Gasteiger partial charge in [0.1, 0.15) is 5.75 Å². The van der Waals surface area contributed by atoms with Crippen molar-refractivity contribution in [2.24, 2.45) is 0 Å². The molecule has 0 radical (unpaired) electrons. The molecule has 6 nitrogen and oxygen atoms in total. The van der Waals surface area contributed by atoms with Crippen LogP contribution in [0.2, 0.25) is 0 Å². The fourth-order valence-electron chi connectivity index (χ4n) is 4.96. The monoisotopic (exact) mass is 461 g/mol. The molecule has 0 bridgehead atoms. The van der Waals surface area contributed by atoms with E-state index >= 15 is 0 Å². The van der Waals surface area contributed by atoms with E-state index in [1.807, 2.05) is 41.9 Å². The quantitative estimate of drug-likeness (QED) is 0.341. The number of anilines is 1. The minimum atomic E-state index is -0.206. The molecule has 1 atom stereocenters. The zero-order valence-electron chi connectivity index (χ0n) is 20.3. The van der Waals surface area contributed by atoms with Gasteiger partial charge in [0.05, 0.1) is 29.9 Å². The van der Waals surface area contributed by atoms with Crippen molar-refractivity contribution in [3.63, 3.8) is 0 Å². The van der Waals surface area contributed by atoms with Gasteiger partial charge in [-0.05, 0) is 74.9 Å². The molecule has 3 heterocycles. The van der Waals surface area contributed by atoms with E-state index < -0.39 is 0 Å². The fraction of sp³-hybridized carbons (Fsp3) is 0.172. The predicted molar refractivity (Wildman–Crippen MR) is 139 cm³/mol. The van der Waals surface area contributed by atoms with Crippen molar-refractivity contribution in [2.45, 2.75) is 26.9 Å². The SMILES string of the molecule is COc1ccc(-c2nn(-c3ccccc3)cc2[C@H]2Nc3c(C)cc(C)cc3-c3cc(C)nn32)cc1. The maximum atomic E-state index is 5.39. The Kier molecular flexibility index (Phi) is 4.95. The van der Waals surface area contributed by atoms with Crippen LogP contribution in [0, 0.1) is 20.8 Å². The molecule has 1 aliphatic heterocycles. The molecule has 0 fully saturated rings. The van der Waals surface area contributed by atoms with Crippen molar-refractivity contribution >= 4 is 5.69 Å². The van der Waals surface area contributed by atoms with Crippen LogP contribution in [0.3, 0.4) is 0 Å². The molecule has 174 valence electrons. The Balaban J connectivity index is 1.56. The number of nitrogens with one attached hydrogen (secondary N) is 1. The number of para-hydroxylation sites is 1. The molecule has 0 saturated carbocycles. The minimum Gasteiger partial charge on any atom is -0.497 e. The van der Waals surface area contributed by atoms with Crippen LogP contribution >= 0.6 is 0 Å². The highest BCUT2D eigenvalue weighted by molar-refractivity contribution is 5.82. The van der Waals surface area contributed by atoms with Crippen molar-refractivity contribution in [2.75, 3.05) is 12.4 Å². The maximum absolute atomic E-state index is 5.39. The summed E-state index contributed by atoms with van der Waals surface area (Å²) in [6.45, 7) is 6.34. The molecular weight excluding hydrogens is 434 g/mol. The lowest BCUT2D eigenvalue weighted by Gasteiger charge is -2.30. The number of ether oxygens (including phenoxy) is 1. The summed E-state index contributed by atoms with van der Waals surface area (Å²) in [6, 6.07) is 24.9. The van der Waals surface area contributed by atoms with E-state index in [0.717, 1.165) is 45.3 Å². The summed E-state index contributed by atoms with van der Waals surface area (Å²) in [5.74, 6) is 0.818. The normalized spacial score (nSPS) is 14.2. The number of hydrogen-bond acceptors (Lipinski definition) is 4. The van der Waals surface area contributed by atoms with Crippen LogP contribution in [-0.4, -0.2) is 26.7 Å². The van der Waals surface area contributed by atoms with E-state index in [4.69, 9.17) is 14.9 Å². The summed E-state index contributed by atoms with van der Waals surface area (Å²) >= 11 is 0. The molecular formula is C29H27N5O. The van der Waals surface area contributed by atoms with Crippen LogP contribution in [0.15, 0.2) is 79.0 Å². The molecule has 1 aliphatic rings. The third-order valence-corrected chi connectivity index (χ3v) is 6.56. The van der Waals surface area contributed by atoms with Gasteiger partial charge < -0.3 is 10.1 Å². The highest BCUT2D eigenvalue weighted by atomic mass is 16.5. The number of nitrogens with zero attached hydrogens (tertiary/aromatic N) is 4. The molecule has 35 heavy (non-hydrogen) atoms. The zero-order valence-corrected chi connectivity index (χ0v) is 20.3. The first-order valence-corrected chi connectivity index (χ1v) is 11.8. The first kappa shape index (κ1) is 21.2. The number of fused-ring (bicyclic) bond motifs is 3. The molecule has 0 spiro atoms. The third kappa shape index (κ3) is 3.58. The van der Waals surface area contributed by atoms with Gasteiger partial charge in [0, 0.05) is 28.6 Å². The molecule has 0 amide bonds. The molecule has 6 heteroatoms. The van der Waals surface area contributed by atoms with Crippen molar-refractivity contribution in [1.82, 2.24) is 19.6 Å². The van der Waals surface area contributed by atoms with Gasteiger partial charge in [-0.15, -0.1) is 0 Å². The molecule has 3 aromatic carbocycles. The Morgan fingerprint density at radius 3 is 2.40 bits per heavy atom. The van der Waals surface area contributed by atoms with Crippen molar-refractivity contribution in [1.29, 1.82) is 0 Å². The van der Waals surface area contributed by atoms with Gasteiger partial charge in [0.2, 0.25) is 0 Å². The Labute approximate surface area is 204 Å². The van der Waals surface area contributed by atoms with Crippen LogP contribution in [0.25, 0.3) is 28.2 Å².